The van der Waals surface area contributed by atoms with Crippen molar-refractivity contribution in [2.75, 3.05) is 0 Å². The number of H-pyrrole nitrogens is 1. The fraction of sp³-hybridized carbons (Fsp3) is 0.167. The van der Waals surface area contributed by atoms with E-state index in [2.05, 4.69) is 20.3 Å². The van der Waals surface area contributed by atoms with Crippen LogP contribution in [-0.2, 0) is 11.2 Å². The van der Waals surface area contributed by atoms with E-state index >= 15 is 0 Å². The quantitative estimate of drug-likeness (QED) is 0.697. The van der Waals surface area contributed by atoms with Gasteiger partial charge in [0.2, 0.25) is 5.95 Å². The standard InChI is InChI=1S/C12H10F2N4O3/c13-9-7(1-2-16-10(9)14)11(19)18-8(12(20)21)3-6-4-15-5-17-6/h1-2,4-5,8H,3H2,(H,15,17)(H,18,19)(H,20,21)/t8-/m1/s1. The van der Waals surface area contributed by atoms with Crippen molar-refractivity contribution in [3.63, 3.8) is 0 Å². The summed E-state index contributed by atoms with van der Waals surface area (Å²) in [6.45, 7) is 0. The van der Waals surface area contributed by atoms with Gasteiger partial charge in [-0.1, -0.05) is 0 Å². The van der Waals surface area contributed by atoms with Crippen LogP contribution in [0.3, 0.4) is 0 Å². The molecule has 0 aliphatic carbocycles. The highest BCUT2D eigenvalue weighted by Gasteiger charge is 2.24. The van der Waals surface area contributed by atoms with Crippen molar-refractivity contribution in [2.24, 2.45) is 0 Å². The number of pyridine rings is 1. The van der Waals surface area contributed by atoms with Crippen LogP contribution in [0.25, 0.3) is 0 Å². The Kier molecular flexibility index (Phi) is 4.21. The average molecular weight is 296 g/mol. The number of amides is 1. The van der Waals surface area contributed by atoms with Crippen LogP contribution >= 0.6 is 0 Å². The second-order valence-electron chi connectivity index (χ2n) is 4.11. The maximum Gasteiger partial charge on any atom is 0.326 e. The molecule has 0 fully saturated rings. The predicted octanol–water partition coefficient (Wildman–Crippen LogP) is 0.509. The summed E-state index contributed by atoms with van der Waals surface area (Å²) in [6, 6.07) is -0.350. The molecule has 21 heavy (non-hydrogen) atoms. The van der Waals surface area contributed by atoms with Gasteiger partial charge in [-0.15, -0.1) is 0 Å². The topological polar surface area (TPSA) is 108 Å². The van der Waals surface area contributed by atoms with Crippen molar-refractivity contribution in [1.82, 2.24) is 20.3 Å². The van der Waals surface area contributed by atoms with Crippen LogP contribution in [0.1, 0.15) is 16.1 Å². The minimum absolute atomic E-state index is 0.0732. The minimum atomic E-state index is -1.43. The second kappa shape index (κ2) is 6.07. The van der Waals surface area contributed by atoms with Gasteiger partial charge in [0.05, 0.1) is 11.9 Å². The third-order valence-corrected chi connectivity index (χ3v) is 2.67. The number of imidazole rings is 1. The number of nitrogens with zero attached hydrogens (tertiary/aromatic N) is 2. The van der Waals surface area contributed by atoms with E-state index in [9.17, 15) is 18.4 Å². The van der Waals surface area contributed by atoms with E-state index in [0.29, 0.717) is 5.69 Å². The second-order valence-corrected chi connectivity index (χ2v) is 4.11. The average Bonchev–Trinajstić information content (AvgIpc) is 2.93. The zero-order valence-corrected chi connectivity index (χ0v) is 10.5. The third kappa shape index (κ3) is 3.38. The summed E-state index contributed by atoms with van der Waals surface area (Å²) in [5, 5.41) is 11.2. The van der Waals surface area contributed by atoms with E-state index in [1.807, 2.05) is 0 Å². The van der Waals surface area contributed by atoms with Gasteiger partial charge < -0.3 is 15.4 Å². The third-order valence-electron chi connectivity index (χ3n) is 2.67. The summed E-state index contributed by atoms with van der Waals surface area (Å²) in [5.74, 6) is -5.21. The van der Waals surface area contributed by atoms with Gasteiger partial charge in [0, 0.05) is 24.5 Å². The molecule has 110 valence electrons. The first-order valence-electron chi connectivity index (χ1n) is 5.80. The zero-order chi connectivity index (χ0) is 15.4. The Balaban J connectivity index is 2.15. The number of hydrogen-bond acceptors (Lipinski definition) is 4. The van der Waals surface area contributed by atoms with Crippen LogP contribution in [0, 0.1) is 11.8 Å². The molecule has 0 bridgehead atoms. The van der Waals surface area contributed by atoms with Crippen LogP contribution in [0.5, 0.6) is 0 Å². The molecule has 0 unspecified atom stereocenters. The molecule has 7 nitrogen and oxygen atoms in total. The molecule has 0 aromatic carbocycles. The Morgan fingerprint density at radius 2 is 2.19 bits per heavy atom. The fourth-order valence-corrected chi connectivity index (χ4v) is 1.65. The molecule has 2 aromatic heterocycles. The predicted molar refractivity (Wildman–Crippen MR) is 65.3 cm³/mol. The number of aromatic amines is 1. The lowest BCUT2D eigenvalue weighted by atomic mass is 10.1. The van der Waals surface area contributed by atoms with Crippen molar-refractivity contribution in [2.45, 2.75) is 12.5 Å². The summed E-state index contributed by atoms with van der Waals surface area (Å²) in [4.78, 5) is 32.4. The summed E-state index contributed by atoms with van der Waals surface area (Å²) in [6.07, 6.45) is 3.59. The number of carbonyl (C=O) groups excluding carboxylic acids is 1. The van der Waals surface area contributed by atoms with E-state index in [1.165, 1.54) is 12.5 Å². The summed E-state index contributed by atoms with van der Waals surface area (Å²) >= 11 is 0. The lowest BCUT2D eigenvalue weighted by Gasteiger charge is -2.13. The Labute approximate surface area is 117 Å². The van der Waals surface area contributed by atoms with Gasteiger partial charge in [0.1, 0.15) is 6.04 Å². The van der Waals surface area contributed by atoms with Crippen molar-refractivity contribution in [3.8, 4) is 0 Å². The number of aliphatic carboxylic acids is 1. The fourth-order valence-electron chi connectivity index (χ4n) is 1.65. The number of nitrogens with one attached hydrogen (secondary N) is 2. The first-order valence-corrected chi connectivity index (χ1v) is 5.80. The largest absolute Gasteiger partial charge is 0.480 e. The van der Waals surface area contributed by atoms with Crippen LogP contribution < -0.4 is 5.32 Å². The van der Waals surface area contributed by atoms with Gasteiger partial charge in [-0.25, -0.2) is 19.2 Å². The molecule has 1 atom stereocenters. The normalized spacial score (nSPS) is 11.9. The smallest absolute Gasteiger partial charge is 0.326 e. The molecule has 0 spiro atoms. The molecule has 9 heteroatoms. The first-order chi connectivity index (χ1) is 9.99. The van der Waals surface area contributed by atoms with Crippen LogP contribution in [0.15, 0.2) is 24.8 Å². The first kappa shape index (κ1) is 14.6. The lowest BCUT2D eigenvalue weighted by molar-refractivity contribution is -0.139. The van der Waals surface area contributed by atoms with Gasteiger partial charge in [0.25, 0.3) is 5.91 Å². The van der Waals surface area contributed by atoms with Crippen molar-refractivity contribution in [1.29, 1.82) is 0 Å². The number of rotatable bonds is 5. The molecule has 0 radical (unpaired) electrons. The van der Waals surface area contributed by atoms with E-state index in [1.54, 1.807) is 0 Å². The molecule has 0 saturated heterocycles. The van der Waals surface area contributed by atoms with E-state index in [0.717, 1.165) is 12.3 Å². The highest BCUT2D eigenvalue weighted by molar-refractivity contribution is 5.96. The lowest BCUT2D eigenvalue weighted by Crippen LogP contribution is -2.42. The molecule has 0 aliphatic rings. The molecule has 2 aromatic rings. The molecule has 1 amide bonds. The Bertz CT molecular complexity index is 661. The van der Waals surface area contributed by atoms with Crippen LogP contribution in [-0.4, -0.2) is 38.0 Å². The maximum atomic E-state index is 13.4. The van der Waals surface area contributed by atoms with Gasteiger partial charge in [-0.2, -0.15) is 4.39 Å². The van der Waals surface area contributed by atoms with E-state index in [-0.39, 0.29) is 6.42 Å². The van der Waals surface area contributed by atoms with Crippen molar-refractivity contribution < 1.29 is 23.5 Å². The SMILES string of the molecule is O=C(N[C@H](Cc1cnc[nH]1)C(=O)O)c1ccnc(F)c1F. The zero-order valence-electron chi connectivity index (χ0n) is 10.5. The van der Waals surface area contributed by atoms with Crippen LogP contribution in [0.2, 0.25) is 0 Å². The van der Waals surface area contributed by atoms with E-state index < -0.39 is 35.2 Å². The number of carboxylic acids is 1. The van der Waals surface area contributed by atoms with E-state index in [4.69, 9.17) is 5.11 Å². The van der Waals surface area contributed by atoms with Crippen molar-refractivity contribution >= 4 is 11.9 Å². The molecule has 3 N–H and O–H groups in total. The molecule has 2 rings (SSSR count). The molecule has 0 aliphatic heterocycles. The molecule has 0 saturated carbocycles. The summed E-state index contributed by atoms with van der Waals surface area (Å²) < 4.78 is 26.4. The van der Waals surface area contributed by atoms with Gasteiger partial charge in [0.15, 0.2) is 5.82 Å². The highest BCUT2D eigenvalue weighted by Crippen LogP contribution is 2.09. The Hall–Kier alpha value is -2.84. The van der Waals surface area contributed by atoms with Gasteiger partial charge in [-0.3, -0.25) is 4.79 Å². The number of halogens is 2. The van der Waals surface area contributed by atoms with Crippen LogP contribution in [0.4, 0.5) is 8.78 Å². The summed E-state index contributed by atoms with van der Waals surface area (Å²) in [5.41, 5.74) is -0.137. The Morgan fingerprint density at radius 3 is 2.81 bits per heavy atom. The number of hydrogen-bond donors (Lipinski definition) is 3. The molecule has 2 heterocycles. The highest BCUT2D eigenvalue weighted by atomic mass is 19.2. The van der Waals surface area contributed by atoms with Crippen molar-refractivity contribution in [3.05, 3.63) is 47.8 Å². The maximum absolute atomic E-state index is 13.4. The van der Waals surface area contributed by atoms with Gasteiger partial charge in [-0.05, 0) is 6.07 Å². The molecular weight excluding hydrogens is 286 g/mol. The number of aromatic nitrogens is 3. The number of carboxylic acid groups (broad SMARTS) is 1. The minimum Gasteiger partial charge on any atom is -0.480 e. The number of carbonyl (C=O) groups is 2. The van der Waals surface area contributed by atoms with Gasteiger partial charge >= 0.3 is 5.97 Å². The monoisotopic (exact) mass is 296 g/mol. The Morgan fingerprint density at radius 1 is 1.43 bits per heavy atom. The molecular formula is C12H10F2N4O3. The summed E-state index contributed by atoms with van der Waals surface area (Å²) in [7, 11) is 0.